The van der Waals surface area contributed by atoms with E-state index in [0.29, 0.717) is 43.7 Å². The maximum absolute atomic E-state index is 13.3. The van der Waals surface area contributed by atoms with Crippen molar-refractivity contribution in [3.05, 3.63) is 35.8 Å². The zero-order chi connectivity index (χ0) is 18.8. The summed E-state index contributed by atoms with van der Waals surface area (Å²) >= 11 is 0. The fourth-order valence-electron chi connectivity index (χ4n) is 4.33. The average molecular weight is 371 g/mol. The van der Waals surface area contributed by atoms with E-state index in [1.54, 1.807) is 17.0 Å². The number of halogens is 1. The molecule has 2 aromatic rings. The van der Waals surface area contributed by atoms with E-state index >= 15 is 0 Å². The number of rotatable bonds is 4. The van der Waals surface area contributed by atoms with Gasteiger partial charge >= 0.3 is 0 Å². The van der Waals surface area contributed by atoms with Crippen LogP contribution in [0.3, 0.4) is 0 Å². The van der Waals surface area contributed by atoms with Gasteiger partial charge in [-0.05, 0) is 36.6 Å². The minimum Gasteiger partial charge on any atom is -0.351 e. The lowest BCUT2D eigenvalue weighted by Crippen LogP contribution is -2.50. The standard InChI is InChI=1S/C21H26FN3O2/c22-17-6-7-18-16(13-17)14-19(23-18)21(27)25-11-9-24(10-12-25)20(26)8-5-15-3-1-2-4-15/h6-7,13-15,23H,1-5,8-12H2. The number of carbonyl (C=O) groups is 2. The quantitative estimate of drug-likeness (QED) is 0.893. The van der Waals surface area contributed by atoms with Crippen molar-refractivity contribution in [2.75, 3.05) is 26.2 Å². The lowest BCUT2D eigenvalue weighted by Gasteiger charge is -2.34. The molecule has 1 N–H and O–H groups in total. The fourth-order valence-corrected chi connectivity index (χ4v) is 4.33. The molecule has 0 radical (unpaired) electrons. The summed E-state index contributed by atoms with van der Waals surface area (Å²) in [6.45, 7) is 2.25. The first kappa shape index (κ1) is 18.0. The van der Waals surface area contributed by atoms with Gasteiger partial charge in [-0.1, -0.05) is 25.7 Å². The van der Waals surface area contributed by atoms with Crippen LogP contribution >= 0.6 is 0 Å². The normalized spacial score (nSPS) is 18.4. The molecule has 1 aliphatic carbocycles. The van der Waals surface area contributed by atoms with Crippen molar-refractivity contribution < 1.29 is 14.0 Å². The van der Waals surface area contributed by atoms with Gasteiger partial charge in [-0.15, -0.1) is 0 Å². The number of H-pyrrole nitrogens is 1. The molecule has 27 heavy (non-hydrogen) atoms. The van der Waals surface area contributed by atoms with Gasteiger partial charge in [-0.3, -0.25) is 9.59 Å². The number of hydrogen-bond acceptors (Lipinski definition) is 2. The number of aromatic nitrogens is 1. The maximum atomic E-state index is 13.3. The van der Waals surface area contributed by atoms with Gasteiger partial charge in [-0.2, -0.15) is 0 Å². The SMILES string of the molecule is O=C(CCC1CCCC1)N1CCN(C(=O)c2cc3cc(F)ccc3[nH]2)CC1. The van der Waals surface area contributed by atoms with Gasteiger partial charge in [0, 0.05) is 43.5 Å². The zero-order valence-electron chi connectivity index (χ0n) is 15.5. The van der Waals surface area contributed by atoms with E-state index in [1.807, 2.05) is 4.90 Å². The number of amides is 2. The van der Waals surface area contributed by atoms with E-state index in [9.17, 15) is 14.0 Å². The highest BCUT2D eigenvalue weighted by atomic mass is 19.1. The summed E-state index contributed by atoms with van der Waals surface area (Å²) in [5, 5.41) is 0.694. The molecule has 2 amide bonds. The van der Waals surface area contributed by atoms with Gasteiger partial charge in [0.1, 0.15) is 11.5 Å². The predicted octanol–water partition coefficient (Wildman–Crippen LogP) is 3.56. The third kappa shape index (κ3) is 3.99. The van der Waals surface area contributed by atoms with Crippen molar-refractivity contribution in [2.45, 2.75) is 38.5 Å². The Kier molecular flexibility index (Phi) is 5.14. The number of aromatic amines is 1. The Bertz CT molecular complexity index is 833. The minimum atomic E-state index is -0.315. The van der Waals surface area contributed by atoms with E-state index in [2.05, 4.69) is 4.98 Å². The van der Waals surface area contributed by atoms with Crippen molar-refractivity contribution in [2.24, 2.45) is 5.92 Å². The number of carbonyl (C=O) groups excluding carboxylic acids is 2. The van der Waals surface area contributed by atoms with Crippen LogP contribution in [0.5, 0.6) is 0 Å². The molecular formula is C21H26FN3O2. The summed E-state index contributed by atoms with van der Waals surface area (Å²) in [5.74, 6) is 0.536. The van der Waals surface area contributed by atoms with Crippen molar-refractivity contribution in [1.82, 2.24) is 14.8 Å². The van der Waals surface area contributed by atoms with Crippen molar-refractivity contribution in [1.29, 1.82) is 0 Å². The molecule has 2 fully saturated rings. The Morgan fingerprint density at radius 2 is 1.74 bits per heavy atom. The Morgan fingerprint density at radius 3 is 2.48 bits per heavy atom. The Hall–Kier alpha value is -2.37. The predicted molar refractivity (Wildman–Crippen MR) is 102 cm³/mol. The Labute approximate surface area is 158 Å². The highest BCUT2D eigenvalue weighted by Crippen LogP contribution is 2.28. The fraction of sp³-hybridized carbons (Fsp3) is 0.524. The van der Waals surface area contributed by atoms with Crippen LogP contribution in [0.15, 0.2) is 24.3 Å². The molecule has 2 heterocycles. The molecule has 2 aliphatic rings. The third-order valence-corrected chi connectivity index (χ3v) is 5.97. The van der Waals surface area contributed by atoms with Crippen molar-refractivity contribution in [3.63, 3.8) is 0 Å². The average Bonchev–Trinajstić information content (AvgIpc) is 3.35. The Morgan fingerprint density at radius 1 is 1.04 bits per heavy atom. The van der Waals surface area contributed by atoms with Gasteiger partial charge in [0.05, 0.1) is 0 Å². The van der Waals surface area contributed by atoms with Crippen molar-refractivity contribution in [3.8, 4) is 0 Å². The second-order valence-corrected chi connectivity index (χ2v) is 7.78. The first-order valence-electron chi connectivity index (χ1n) is 9.95. The number of benzene rings is 1. The molecule has 0 bridgehead atoms. The van der Waals surface area contributed by atoms with Crippen LogP contribution in [0.25, 0.3) is 10.9 Å². The summed E-state index contributed by atoms with van der Waals surface area (Å²) in [5.41, 5.74) is 1.22. The van der Waals surface area contributed by atoms with Crippen LogP contribution in [0, 0.1) is 11.7 Å². The summed E-state index contributed by atoms with van der Waals surface area (Å²) < 4.78 is 13.3. The molecule has 0 spiro atoms. The molecule has 5 nitrogen and oxygen atoms in total. The van der Waals surface area contributed by atoms with E-state index in [4.69, 9.17) is 0 Å². The van der Waals surface area contributed by atoms with Crippen LogP contribution < -0.4 is 0 Å². The molecule has 6 heteroatoms. The first-order chi connectivity index (χ1) is 13.1. The lowest BCUT2D eigenvalue weighted by molar-refractivity contribution is -0.133. The van der Waals surface area contributed by atoms with Crippen LogP contribution in [-0.4, -0.2) is 52.8 Å². The van der Waals surface area contributed by atoms with E-state index in [0.717, 1.165) is 17.9 Å². The molecule has 1 saturated heterocycles. The van der Waals surface area contributed by atoms with Crippen molar-refractivity contribution >= 4 is 22.7 Å². The van der Waals surface area contributed by atoms with Gasteiger partial charge < -0.3 is 14.8 Å². The molecule has 1 saturated carbocycles. The molecule has 1 aliphatic heterocycles. The van der Waals surface area contributed by atoms with Gasteiger partial charge in [-0.25, -0.2) is 4.39 Å². The molecular weight excluding hydrogens is 345 g/mol. The second kappa shape index (κ2) is 7.71. The number of nitrogens with one attached hydrogen (secondary N) is 1. The van der Waals surface area contributed by atoms with Crippen LogP contribution in [0.4, 0.5) is 4.39 Å². The highest BCUT2D eigenvalue weighted by Gasteiger charge is 2.26. The lowest BCUT2D eigenvalue weighted by atomic mass is 10.0. The number of hydrogen-bond donors (Lipinski definition) is 1. The maximum Gasteiger partial charge on any atom is 0.270 e. The first-order valence-corrected chi connectivity index (χ1v) is 9.95. The molecule has 144 valence electrons. The van der Waals surface area contributed by atoms with Gasteiger partial charge in [0.15, 0.2) is 0 Å². The monoisotopic (exact) mass is 371 g/mol. The smallest absolute Gasteiger partial charge is 0.270 e. The zero-order valence-corrected chi connectivity index (χ0v) is 15.5. The van der Waals surface area contributed by atoms with Crippen LogP contribution in [-0.2, 0) is 4.79 Å². The molecule has 0 atom stereocenters. The molecule has 1 aromatic heterocycles. The summed E-state index contributed by atoms with van der Waals surface area (Å²) in [4.78, 5) is 31.9. The molecule has 1 aromatic carbocycles. The summed E-state index contributed by atoms with van der Waals surface area (Å²) in [6, 6.07) is 6.13. The minimum absolute atomic E-state index is 0.0929. The number of piperazine rings is 1. The van der Waals surface area contributed by atoms with Crippen LogP contribution in [0.1, 0.15) is 49.0 Å². The van der Waals surface area contributed by atoms with E-state index in [-0.39, 0.29) is 17.6 Å². The summed E-state index contributed by atoms with van der Waals surface area (Å²) in [6.07, 6.45) is 6.78. The van der Waals surface area contributed by atoms with Crippen LogP contribution in [0.2, 0.25) is 0 Å². The topological polar surface area (TPSA) is 56.4 Å². The Balaban J connectivity index is 1.31. The van der Waals surface area contributed by atoms with Gasteiger partial charge in [0.2, 0.25) is 5.91 Å². The summed E-state index contributed by atoms with van der Waals surface area (Å²) in [7, 11) is 0. The number of fused-ring (bicyclic) bond motifs is 1. The third-order valence-electron chi connectivity index (χ3n) is 5.97. The van der Waals surface area contributed by atoms with E-state index in [1.165, 1.54) is 37.8 Å². The highest BCUT2D eigenvalue weighted by molar-refractivity contribution is 5.98. The largest absolute Gasteiger partial charge is 0.351 e. The molecule has 4 rings (SSSR count). The van der Waals surface area contributed by atoms with E-state index < -0.39 is 0 Å². The second-order valence-electron chi connectivity index (χ2n) is 7.78. The molecule has 0 unspecified atom stereocenters. The number of nitrogens with zero attached hydrogens (tertiary/aromatic N) is 2. The van der Waals surface area contributed by atoms with Gasteiger partial charge in [0.25, 0.3) is 5.91 Å².